The molecule has 13 nitrogen and oxygen atoms in total. The molecule has 0 fully saturated rings. The molecule has 13 heteroatoms. The Morgan fingerprint density at radius 3 is 0.698 bits per heavy atom. The number of hydrogen-bond donors (Lipinski definition) is 0. The minimum atomic E-state index is -0.684. The monoisotopic (exact) mass is 604 g/mol. The van der Waals surface area contributed by atoms with E-state index in [4.69, 9.17) is 42.6 Å². The molecule has 1 aliphatic heterocycles. The largest absolute Gasteiger partial charge is 0.460 e. The molecule has 43 heavy (non-hydrogen) atoms. The first-order chi connectivity index (χ1) is 21.1. The molecule has 0 radical (unpaired) electrons. The van der Waals surface area contributed by atoms with Crippen LogP contribution in [0, 0.1) is 0 Å². The molecule has 0 amide bonds. The molecule has 2 aromatic rings. The maximum atomic E-state index is 12.5. The molecule has 0 saturated carbocycles. The van der Waals surface area contributed by atoms with Crippen LogP contribution in [0.2, 0.25) is 0 Å². The SMILES string of the molecule is O=C1OCCOCCOCCOCCOC(=O)c2ccccc2C(=O)OCCOCCOCCOC(=O)c2ccccc21. The predicted octanol–water partition coefficient (Wildman–Crippen LogP) is 2.11. The van der Waals surface area contributed by atoms with Crippen molar-refractivity contribution in [2.45, 2.75) is 0 Å². The van der Waals surface area contributed by atoms with Crippen LogP contribution in [0.4, 0.5) is 0 Å². The quantitative estimate of drug-likeness (QED) is 0.319. The summed E-state index contributed by atoms with van der Waals surface area (Å²) in [7, 11) is 0. The Hall–Kier alpha value is -3.88. The molecule has 0 spiro atoms. The number of benzene rings is 2. The zero-order chi connectivity index (χ0) is 30.5. The molecule has 0 N–H and O–H groups in total. The Labute approximate surface area is 249 Å². The number of hydrogen-bond acceptors (Lipinski definition) is 13. The molecule has 3 rings (SSSR count). The maximum absolute atomic E-state index is 12.5. The van der Waals surface area contributed by atoms with E-state index in [0.717, 1.165) is 0 Å². The highest BCUT2D eigenvalue weighted by Crippen LogP contribution is 2.13. The second kappa shape index (κ2) is 20.1. The van der Waals surface area contributed by atoms with Gasteiger partial charge in [0.25, 0.3) is 0 Å². The molecule has 0 unspecified atom stereocenters. The van der Waals surface area contributed by atoms with Crippen molar-refractivity contribution >= 4 is 23.9 Å². The van der Waals surface area contributed by atoms with E-state index >= 15 is 0 Å². The number of ether oxygens (including phenoxy) is 9. The summed E-state index contributed by atoms with van der Waals surface area (Å²) >= 11 is 0. The fourth-order valence-corrected chi connectivity index (χ4v) is 3.63. The first kappa shape index (κ1) is 33.6. The fraction of sp³-hybridized carbons (Fsp3) is 0.467. The lowest BCUT2D eigenvalue weighted by molar-refractivity contribution is -0.00688. The number of fused-ring (bicyclic) bond motifs is 2. The molecular formula is C30H36O13. The van der Waals surface area contributed by atoms with E-state index in [2.05, 4.69) is 0 Å². The summed E-state index contributed by atoms with van der Waals surface area (Å²) < 4.78 is 47.9. The van der Waals surface area contributed by atoms with Gasteiger partial charge in [-0.05, 0) is 24.3 Å². The summed E-state index contributed by atoms with van der Waals surface area (Å²) in [5, 5.41) is 0. The highest BCUT2D eigenvalue weighted by molar-refractivity contribution is 6.03. The van der Waals surface area contributed by atoms with Gasteiger partial charge in [-0.3, -0.25) is 0 Å². The van der Waals surface area contributed by atoms with Crippen molar-refractivity contribution in [2.24, 2.45) is 0 Å². The Morgan fingerprint density at radius 1 is 0.302 bits per heavy atom. The third kappa shape index (κ3) is 12.5. The second-order valence-electron chi connectivity index (χ2n) is 8.70. The molecule has 0 aromatic heterocycles. The highest BCUT2D eigenvalue weighted by atomic mass is 16.6. The van der Waals surface area contributed by atoms with Gasteiger partial charge in [-0.2, -0.15) is 0 Å². The minimum Gasteiger partial charge on any atom is -0.460 e. The summed E-state index contributed by atoms with van der Waals surface area (Å²) in [6, 6.07) is 12.4. The molecule has 0 bridgehead atoms. The number of carbonyl (C=O) groups excluding carboxylic acids is 4. The standard InChI is InChI=1S/C30H36O13/c31-27-23-5-1-3-7-25(23)29(33)42-21-17-38-13-14-39-18-22-43-30(34)26-8-4-2-6-24(26)28(32)41-20-16-37-12-10-35-9-11-36-15-19-40-27/h1-8H,9-22H2. The average molecular weight is 605 g/mol. The predicted molar refractivity (Wildman–Crippen MR) is 148 cm³/mol. The Balaban J connectivity index is 1.48. The molecule has 0 saturated heterocycles. The first-order valence-corrected chi connectivity index (χ1v) is 13.8. The maximum Gasteiger partial charge on any atom is 0.339 e. The van der Waals surface area contributed by atoms with Gasteiger partial charge in [-0.1, -0.05) is 24.3 Å². The molecule has 2 aromatic carbocycles. The van der Waals surface area contributed by atoms with Gasteiger partial charge >= 0.3 is 23.9 Å². The number of cyclic esters (lactones) is 4. The summed E-state index contributed by atoms with van der Waals surface area (Å²) in [4.78, 5) is 50.0. The van der Waals surface area contributed by atoms with Gasteiger partial charge in [0.15, 0.2) is 0 Å². The van der Waals surface area contributed by atoms with Gasteiger partial charge < -0.3 is 42.6 Å². The third-order valence-corrected chi connectivity index (χ3v) is 5.69. The van der Waals surface area contributed by atoms with E-state index in [0.29, 0.717) is 13.2 Å². The molecular weight excluding hydrogens is 568 g/mol. The summed E-state index contributed by atoms with van der Waals surface area (Å²) in [5.74, 6) is -2.71. The smallest absolute Gasteiger partial charge is 0.339 e. The van der Waals surface area contributed by atoms with Gasteiger partial charge in [-0.15, -0.1) is 0 Å². The van der Waals surface area contributed by atoms with Crippen molar-refractivity contribution in [1.82, 2.24) is 0 Å². The van der Waals surface area contributed by atoms with Gasteiger partial charge in [-0.25, -0.2) is 19.2 Å². The molecule has 1 heterocycles. The second-order valence-corrected chi connectivity index (χ2v) is 8.70. The van der Waals surface area contributed by atoms with Crippen LogP contribution in [0.1, 0.15) is 41.4 Å². The highest BCUT2D eigenvalue weighted by Gasteiger charge is 2.20. The summed E-state index contributed by atoms with van der Waals surface area (Å²) in [5.41, 5.74) is 0.325. The van der Waals surface area contributed by atoms with Crippen LogP contribution < -0.4 is 0 Å². The zero-order valence-corrected chi connectivity index (χ0v) is 23.8. The lowest BCUT2D eigenvalue weighted by Gasteiger charge is -2.11. The van der Waals surface area contributed by atoms with Crippen LogP contribution in [-0.2, 0) is 42.6 Å². The van der Waals surface area contributed by atoms with E-state index in [9.17, 15) is 19.2 Å². The Bertz CT molecular complexity index is 1080. The van der Waals surface area contributed by atoms with Crippen molar-refractivity contribution in [3.8, 4) is 0 Å². The van der Waals surface area contributed by atoms with E-state index in [-0.39, 0.29) is 102 Å². The zero-order valence-electron chi connectivity index (χ0n) is 23.8. The van der Waals surface area contributed by atoms with Crippen LogP contribution in [0.15, 0.2) is 48.5 Å². The van der Waals surface area contributed by atoms with Crippen molar-refractivity contribution in [2.75, 3.05) is 92.5 Å². The Kier molecular flexibility index (Phi) is 15.7. The summed E-state index contributed by atoms with van der Waals surface area (Å²) in [6.07, 6.45) is 0. The number of carbonyl (C=O) groups is 4. The summed E-state index contributed by atoms with van der Waals surface area (Å²) in [6.45, 7) is 1.96. The lowest BCUT2D eigenvalue weighted by Crippen LogP contribution is -2.18. The average Bonchev–Trinajstić information content (AvgIpc) is 3.03. The van der Waals surface area contributed by atoms with E-state index in [1.165, 1.54) is 24.3 Å². The molecule has 0 aliphatic carbocycles. The first-order valence-electron chi connectivity index (χ1n) is 13.8. The normalized spacial score (nSPS) is 18.8. The molecule has 1 aliphatic rings. The topological polar surface area (TPSA) is 151 Å². The lowest BCUT2D eigenvalue weighted by atomic mass is 10.1. The van der Waals surface area contributed by atoms with Crippen molar-refractivity contribution < 1.29 is 61.8 Å². The third-order valence-electron chi connectivity index (χ3n) is 5.69. The van der Waals surface area contributed by atoms with Crippen molar-refractivity contribution in [1.29, 1.82) is 0 Å². The van der Waals surface area contributed by atoms with Gasteiger partial charge in [0.05, 0.1) is 88.3 Å². The van der Waals surface area contributed by atoms with Crippen LogP contribution in [0.25, 0.3) is 0 Å². The Morgan fingerprint density at radius 2 is 0.488 bits per heavy atom. The van der Waals surface area contributed by atoms with Crippen LogP contribution in [0.3, 0.4) is 0 Å². The molecule has 0 atom stereocenters. The fourth-order valence-electron chi connectivity index (χ4n) is 3.63. The van der Waals surface area contributed by atoms with E-state index in [1.807, 2.05) is 0 Å². The van der Waals surface area contributed by atoms with Crippen LogP contribution >= 0.6 is 0 Å². The van der Waals surface area contributed by atoms with Crippen molar-refractivity contribution in [3.05, 3.63) is 70.8 Å². The number of esters is 4. The van der Waals surface area contributed by atoms with Gasteiger partial charge in [0.2, 0.25) is 0 Å². The van der Waals surface area contributed by atoms with E-state index in [1.54, 1.807) is 24.3 Å². The molecule has 234 valence electrons. The van der Waals surface area contributed by atoms with Crippen LogP contribution in [-0.4, -0.2) is 116 Å². The van der Waals surface area contributed by atoms with Crippen LogP contribution in [0.5, 0.6) is 0 Å². The van der Waals surface area contributed by atoms with Gasteiger partial charge in [0.1, 0.15) is 26.4 Å². The van der Waals surface area contributed by atoms with Gasteiger partial charge in [0, 0.05) is 0 Å². The van der Waals surface area contributed by atoms with E-state index < -0.39 is 23.9 Å². The number of rotatable bonds is 0. The van der Waals surface area contributed by atoms with Crippen molar-refractivity contribution in [3.63, 3.8) is 0 Å². The minimum absolute atomic E-state index is 0.00921.